The molecule has 0 aromatic heterocycles. The smallest absolute Gasteiger partial charge is 0.170 e. The van der Waals surface area contributed by atoms with Gasteiger partial charge in [0.15, 0.2) is 6.10 Å². The minimum Gasteiger partial charge on any atom is -0.385 e. The lowest BCUT2D eigenvalue weighted by molar-refractivity contribution is 0.0528. The van der Waals surface area contributed by atoms with Crippen LogP contribution in [0.15, 0.2) is 24.3 Å². The maximum Gasteiger partial charge on any atom is 0.170 e. The van der Waals surface area contributed by atoms with Crippen molar-refractivity contribution in [3.8, 4) is 6.07 Å². The Hall–Kier alpha value is -1.57. The first kappa shape index (κ1) is 11.9. The normalized spacial score (nSPS) is 18.8. The van der Waals surface area contributed by atoms with E-state index in [0.717, 1.165) is 18.8 Å². The van der Waals surface area contributed by atoms with Gasteiger partial charge in [-0.05, 0) is 30.5 Å². The second-order valence-corrected chi connectivity index (χ2v) is 4.31. The highest BCUT2D eigenvalue weighted by Gasteiger charge is 2.19. The fourth-order valence-corrected chi connectivity index (χ4v) is 2.13. The van der Waals surface area contributed by atoms with Gasteiger partial charge in [-0.25, -0.2) is 0 Å². The molecule has 2 rings (SSSR count). The molecule has 1 aliphatic heterocycles. The molecule has 0 saturated carbocycles. The van der Waals surface area contributed by atoms with Crippen molar-refractivity contribution in [2.45, 2.75) is 25.0 Å². The predicted molar refractivity (Wildman–Crippen MR) is 64.5 cm³/mol. The molecule has 4 nitrogen and oxygen atoms in total. The zero-order valence-electron chi connectivity index (χ0n) is 9.58. The van der Waals surface area contributed by atoms with Gasteiger partial charge in [-0.15, -0.1) is 0 Å². The summed E-state index contributed by atoms with van der Waals surface area (Å²) in [7, 11) is 0. The Kier molecular flexibility index (Phi) is 3.62. The van der Waals surface area contributed by atoms with Gasteiger partial charge < -0.3 is 15.1 Å². The number of anilines is 1. The van der Waals surface area contributed by atoms with Gasteiger partial charge in [0.1, 0.15) is 6.10 Å². The molecule has 4 heteroatoms. The summed E-state index contributed by atoms with van der Waals surface area (Å²) in [5.41, 5.74) is 1.63. The first-order chi connectivity index (χ1) is 8.22. The second kappa shape index (κ2) is 5.17. The van der Waals surface area contributed by atoms with Crippen LogP contribution >= 0.6 is 0 Å². The number of hydrogen-bond donors (Lipinski definition) is 2. The molecule has 1 aromatic rings. The summed E-state index contributed by atoms with van der Waals surface area (Å²) >= 11 is 0. The number of rotatable bonds is 3. The Bertz CT molecular complexity index is 422. The molecule has 1 aliphatic rings. The standard InChI is InChI=1S/C13H16N2O2/c14-9-12(16)13(17)10-4-3-5-11(8-10)15-6-1-2-7-15/h3-5,8,12-13,16-17H,1-2,6-7H2. The molecule has 0 aliphatic carbocycles. The molecule has 2 atom stereocenters. The van der Waals surface area contributed by atoms with Crippen LogP contribution in [0.2, 0.25) is 0 Å². The van der Waals surface area contributed by atoms with E-state index in [2.05, 4.69) is 4.90 Å². The molecule has 0 bridgehead atoms. The molecular weight excluding hydrogens is 216 g/mol. The summed E-state index contributed by atoms with van der Waals surface area (Å²) in [4.78, 5) is 2.25. The van der Waals surface area contributed by atoms with Gasteiger partial charge >= 0.3 is 0 Å². The molecule has 1 heterocycles. The third kappa shape index (κ3) is 2.57. The first-order valence-corrected chi connectivity index (χ1v) is 5.83. The Morgan fingerprint density at radius 1 is 1.24 bits per heavy atom. The Balaban J connectivity index is 2.19. The van der Waals surface area contributed by atoms with Gasteiger partial charge in [0.25, 0.3) is 0 Å². The van der Waals surface area contributed by atoms with Gasteiger partial charge in [-0.2, -0.15) is 5.26 Å². The molecule has 1 saturated heterocycles. The second-order valence-electron chi connectivity index (χ2n) is 4.31. The number of aliphatic hydroxyl groups excluding tert-OH is 2. The van der Waals surface area contributed by atoms with Gasteiger partial charge in [0, 0.05) is 18.8 Å². The van der Waals surface area contributed by atoms with Crippen LogP contribution in [-0.4, -0.2) is 29.4 Å². The van der Waals surface area contributed by atoms with Crippen LogP contribution in [-0.2, 0) is 0 Å². The fraction of sp³-hybridized carbons (Fsp3) is 0.462. The summed E-state index contributed by atoms with van der Waals surface area (Å²) in [5.74, 6) is 0. The molecule has 1 aromatic carbocycles. The van der Waals surface area contributed by atoms with Crippen LogP contribution in [0.4, 0.5) is 5.69 Å². The van der Waals surface area contributed by atoms with E-state index >= 15 is 0 Å². The van der Waals surface area contributed by atoms with Crippen LogP contribution in [0.5, 0.6) is 0 Å². The Labute approximate surface area is 101 Å². The van der Waals surface area contributed by atoms with Crippen molar-refractivity contribution in [3.05, 3.63) is 29.8 Å². The van der Waals surface area contributed by atoms with Crippen LogP contribution in [0.25, 0.3) is 0 Å². The molecule has 90 valence electrons. The Morgan fingerprint density at radius 2 is 1.94 bits per heavy atom. The third-order valence-corrected chi connectivity index (χ3v) is 3.11. The van der Waals surface area contributed by atoms with Crippen LogP contribution < -0.4 is 4.90 Å². The SMILES string of the molecule is N#CC(O)C(O)c1cccc(N2CCCC2)c1. The predicted octanol–water partition coefficient (Wildman–Crippen LogP) is 1.20. The van der Waals surface area contributed by atoms with Gasteiger partial charge in [-0.3, -0.25) is 0 Å². The summed E-state index contributed by atoms with van der Waals surface area (Å²) in [5, 5.41) is 27.7. The van der Waals surface area contributed by atoms with E-state index in [-0.39, 0.29) is 0 Å². The largest absolute Gasteiger partial charge is 0.385 e. The van der Waals surface area contributed by atoms with Crippen molar-refractivity contribution >= 4 is 5.69 Å². The zero-order valence-corrected chi connectivity index (χ0v) is 9.58. The molecule has 17 heavy (non-hydrogen) atoms. The zero-order chi connectivity index (χ0) is 12.3. The third-order valence-electron chi connectivity index (χ3n) is 3.11. The number of nitriles is 1. The van der Waals surface area contributed by atoms with E-state index in [9.17, 15) is 10.2 Å². The van der Waals surface area contributed by atoms with Crippen molar-refractivity contribution in [2.24, 2.45) is 0 Å². The van der Waals surface area contributed by atoms with Crippen molar-refractivity contribution in [1.29, 1.82) is 5.26 Å². The van der Waals surface area contributed by atoms with Crippen LogP contribution in [0, 0.1) is 11.3 Å². The lowest BCUT2D eigenvalue weighted by atomic mass is 10.0. The highest BCUT2D eigenvalue weighted by atomic mass is 16.3. The molecule has 1 fully saturated rings. The maximum atomic E-state index is 9.77. The van der Waals surface area contributed by atoms with Gasteiger partial charge in [-0.1, -0.05) is 12.1 Å². The minimum absolute atomic E-state index is 0.587. The summed E-state index contributed by atoms with van der Waals surface area (Å²) in [6.45, 7) is 2.06. The number of aliphatic hydroxyl groups is 2. The highest BCUT2D eigenvalue weighted by Crippen LogP contribution is 2.25. The molecule has 0 radical (unpaired) electrons. The topological polar surface area (TPSA) is 67.5 Å². The van der Waals surface area contributed by atoms with Crippen LogP contribution in [0.1, 0.15) is 24.5 Å². The lowest BCUT2D eigenvalue weighted by Crippen LogP contribution is -2.19. The molecule has 2 unspecified atom stereocenters. The van der Waals surface area contributed by atoms with Gasteiger partial charge in [0.2, 0.25) is 0 Å². The van der Waals surface area contributed by atoms with Crippen LogP contribution in [0.3, 0.4) is 0 Å². The fourth-order valence-electron chi connectivity index (χ4n) is 2.13. The summed E-state index contributed by atoms with van der Waals surface area (Å²) in [6.07, 6.45) is -0.132. The average molecular weight is 232 g/mol. The van der Waals surface area contributed by atoms with E-state index in [1.807, 2.05) is 18.2 Å². The number of benzene rings is 1. The van der Waals surface area contributed by atoms with E-state index in [4.69, 9.17) is 5.26 Å². The van der Waals surface area contributed by atoms with E-state index in [1.165, 1.54) is 12.8 Å². The number of hydrogen-bond acceptors (Lipinski definition) is 4. The van der Waals surface area contributed by atoms with Gasteiger partial charge in [0.05, 0.1) is 6.07 Å². The summed E-state index contributed by atoms with van der Waals surface area (Å²) in [6, 6.07) is 9.04. The molecule has 0 amide bonds. The lowest BCUT2D eigenvalue weighted by Gasteiger charge is -2.20. The molecule has 2 N–H and O–H groups in total. The maximum absolute atomic E-state index is 9.77. The van der Waals surface area contributed by atoms with Crippen molar-refractivity contribution in [3.63, 3.8) is 0 Å². The monoisotopic (exact) mass is 232 g/mol. The highest BCUT2D eigenvalue weighted by molar-refractivity contribution is 5.50. The quantitative estimate of drug-likeness (QED) is 0.768. The molecule has 0 spiro atoms. The summed E-state index contributed by atoms with van der Waals surface area (Å²) < 4.78 is 0. The van der Waals surface area contributed by atoms with Crippen molar-refractivity contribution in [1.82, 2.24) is 0 Å². The van der Waals surface area contributed by atoms with E-state index in [0.29, 0.717) is 5.56 Å². The first-order valence-electron chi connectivity index (χ1n) is 5.83. The number of nitrogens with zero attached hydrogens (tertiary/aromatic N) is 2. The molecular formula is C13H16N2O2. The van der Waals surface area contributed by atoms with E-state index < -0.39 is 12.2 Å². The van der Waals surface area contributed by atoms with Crippen molar-refractivity contribution < 1.29 is 10.2 Å². The minimum atomic E-state index is -1.37. The Morgan fingerprint density at radius 3 is 2.59 bits per heavy atom. The van der Waals surface area contributed by atoms with E-state index in [1.54, 1.807) is 12.1 Å². The van der Waals surface area contributed by atoms with Crippen molar-refractivity contribution in [2.75, 3.05) is 18.0 Å². The average Bonchev–Trinajstić information content (AvgIpc) is 2.91.